The van der Waals surface area contributed by atoms with Gasteiger partial charge < -0.3 is 0 Å². The average Bonchev–Trinajstić information content (AvgIpc) is 2.51. The molecule has 1 aromatic heterocycles. The van der Waals surface area contributed by atoms with Crippen LogP contribution in [0.2, 0.25) is 0 Å². The van der Waals surface area contributed by atoms with Gasteiger partial charge in [0.05, 0.1) is 0 Å². The van der Waals surface area contributed by atoms with Crippen molar-refractivity contribution in [1.29, 1.82) is 0 Å². The number of unbranched alkanes of at least 4 members (excludes halogenated alkanes) is 5. The number of hydrogen-bond donors (Lipinski definition) is 1. The van der Waals surface area contributed by atoms with Gasteiger partial charge in [0.25, 0.3) is 0 Å². The highest BCUT2D eigenvalue weighted by atomic mass is 16.2. The van der Waals surface area contributed by atoms with Gasteiger partial charge in [0, 0.05) is 0 Å². The van der Waals surface area contributed by atoms with Gasteiger partial charge >= 0.3 is 5.69 Å². The van der Waals surface area contributed by atoms with E-state index in [0.29, 0.717) is 0 Å². The maximum absolute atomic E-state index is 11.2. The zero-order valence-corrected chi connectivity index (χ0v) is 9.70. The van der Waals surface area contributed by atoms with E-state index in [1.54, 1.807) is 7.05 Å². The smallest absolute Gasteiger partial charge is 0.215 e. The highest BCUT2D eigenvalue weighted by Gasteiger charge is 2.07. The van der Waals surface area contributed by atoms with Crippen molar-refractivity contribution in [2.24, 2.45) is 7.05 Å². The van der Waals surface area contributed by atoms with Crippen LogP contribution >= 0.6 is 0 Å². The van der Waals surface area contributed by atoms with Gasteiger partial charge in [-0.25, -0.2) is 4.79 Å². The normalized spacial score (nSPS) is 10.8. The van der Waals surface area contributed by atoms with Crippen molar-refractivity contribution in [3.05, 3.63) is 10.5 Å². The molecule has 0 unspecified atom stereocenters. The minimum Gasteiger partial charge on any atom is -0.215 e. The Hall–Kier alpha value is -1.13. The molecular weight excluding hydrogens is 192 g/mol. The predicted octanol–water partition coefficient (Wildman–Crippen LogP) is 0.756. The van der Waals surface area contributed by atoms with Crippen molar-refractivity contribution in [1.82, 2.24) is 15.0 Å². The lowest BCUT2D eigenvalue weighted by Crippen LogP contribution is -2.35. The second-order valence-electron chi connectivity index (χ2n) is 3.92. The largest absolute Gasteiger partial charge is 0.465 e. The van der Waals surface area contributed by atoms with E-state index in [4.69, 9.17) is 0 Å². The Morgan fingerprint density at radius 2 is 1.93 bits per heavy atom. The Balaban J connectivity index is 2.15. The van der Waals surface area contributed by atoms with E-state index >= 15 is 0 Å². The number of rotatable bonds is 7. The summed E-state index contributed by atoms with van der Waals surface area (Å²) in [5.74, 6) is 0. The van der Waals surface area contributed by atoms with Crippen molar-refractivity contribution in [2.45, 2.75) is 52.0 Å². The molecular formula is C10H21N4O+. The molecule has 15 heavy (non-hydrogen) atoms. The van der Waals surface area contributed by atoms with E-state index in [2.05, 4.69) is 17.2 Å². The van der Waals surface area contributed by atoms with Gasteiger partial charge in [0.1, 0.15) is 18.8 Å². The van der Waals surface area contributed by atoms with Gasteiger partial charge in [0.2, 0.25) is 0 Å². The van der Waals surface area contributed by atoms with Gasteiger partial charge in [-0.1, -0.05) is 42.1 Å². The van der Waals surface area contributed by atoms with Crippen molar-refractivity contribution < 1.29 is 4.80 Å². The Bertz CT molecular complexity index is 328. The SMILES string of the molecule is CCCCCCCCn1n[n+](C)[nH]c1=O. The summed E-state index contributed by atoms with van der Waals surface area (Å²) in [6, 6.07) is 0. The fourth-order valence-corrected chi connectivity index (χ4v) is 1.61. The number of aromatic amines is 1. The number of tetrazole rings is 1. The summed E-state index contributed by atoms with van der Waals surface area (Å²) in [5, 5.41) is 6.59. The molecule has 5 nitrogen and oxygen atoms in total. The van der Waals surface area contributed by atoms with Gasteiger partial charge in [0.15, 0.2) is 0 Å². The molecule has 0 spiro atoms. The third-order valence-electron chi connectivity index (χ3n) is 2.46. The summed E-state index contributed by atoms with van der Waals surface area (Å²) in [7, 11) is 1.72. The fraction of sp³-hybridized carbons (Fsp3) is 0.900. The highest BCUT2D eigenvalue weighted by molar-refractivity contribution is 4.50. The molecule has 1 rings (SSSR count). The lowest BCUT2D eigenvalue weighted by Gasteiger charge is -1.96. The first-order valence-electron chi connectivity index (χ1n) is 5.77. The summed E-state index contributed by atoms with van der Waals surface area (Å²) >= 11 is 0. The number of nitrogens with one attached hydrogen (secondary N) is 1. The van der Waals surface area contributed by atoms with Crippen molar-refractivity contribution >= 4 is 0 Å². The quantitative estimate of drug-likeness (QED) is 0.537. The van der Waals surface area contributed by atoms with Gasteiger partial charge in [-0.2, -0.15) is 0 Å². The van der Waals surface area contributed by atoms with Crippen LogP contribution in [-0.2, 0) is 13.6 Å². The number of aromatic nitrogens is 4. The summed E-state index contributed by atoms with van der Waals surface area (Å²) in [6.07, 6.45) is 7.38. The molecule has 0 atom stereocenters. The van der Waals surface area contributed by atoms with Crippen molar-refractivity contribution in [3.8, 4) is 0 Å². The van der Waals surface area contributed by atoms with Crippen LogP contribution in [0.25, 0.3) is 0 Å². The second kappa shape index (κ2) is 6.37. The molecule has 0 aliphatic carbocycles. The van der Waals surface area contributed by atoms with E-state index < -0.39 is 0 Å². The van der Waals surface area contributed by atoms with E-state index in [1.807, 2.05) is 0 Å². The first kappa shape index (κ1) is 11.9. The maximum atomic E-state index is 11.2. The minimum atomic E-state index is -0.119. The number of aryl methyl sites for hydroxylation is 2. The molecule has 0 fully saturated rings. The summed E-state index contributed by atoms with van der Waals surface area (Å²) in [6.45, 7) is 2.94. The lowest BCUT2D eigenvalue weighted by atomic mass is 10.1. The average molecular weight is 213 g/mol. The van der Waals surface area contributed by atoms with Crippen LogP contribution in [-0.4, -0.2) is 15.0 Å². The van der Waals surface area contributed by atoms with Crippen LogP contribution in [0.1, 0.15) is 45.4 Å². The van der Waals surface area contributed by atoms with Crippen LogP contribution < -0.4 is 10.5 Å². The first-order valence-corrected chi connectivity index (χ1v) is 5.77. The molecule has 1 heterocycles. The molecule has 0 radical (unpaired) electrons. The highest BCUT2D eigenvalue weighted by Crippen LogP contribution is 2.04. The molecule has 0 amide bonds. The number of nitrogens with zero attached hydrogens (tertiary/aromatic N) is 3. The van der Waals surface area contributed by atoms with E-state index in [9.17, 15) is 4.79 Å². The van der Waals surface area contributed by atoms with Crippen molar-refractivity contribution in [2.75, 3.05) is 0 Å². The number of H-pyrrole nitrogens is 1. The topological polar surface area (TPSA) is 54.6 Å². The zero-order valence-electron chi connectivity index (χ0n) is 9.70. The number of hydrogen-bond acceptors (Lipinski definition) is 2. The Morgan fingerprint density at radius 1 is 1.27 bits per heavy atom. The van der Waals surface area contributed by atoms with E-state index in [0.717, 1.165) is 13.0 Å². The van der Waals surface area contributed by atoms with Crippen LogP contribution in [0, 0.1) is 0 Å². The zero-order chi connectivity index (χ0) is 11.1. The molecule has 0 aromatic carbocycles. The van der Waals surface area contributed by atoms with Gasteiger partial charge in [-0.3, -0.25) is 0 Å². The van der Waals surface area contributed by atoms with Gasteiger partial charge in [-0.15, -0.1) is 5.10 Å². The standard InChI is InChI=1S/C10H20N4O/c1-3-4-5-6-7-8-9-14-10(15)11-13(2)12-14/h3-9H2,1-2H3/p+1. The summed E-state index contributed by atoms with van der Waals surface area (Å²) in [5.41, 5.74) is -0.119. The Kier molecular flexibility index (Phi) is 5.07. The van der Waals surface area contributed by atoms with Crippen molar-refractivity contribution in [3.63, 3.8) is 0 Å². The predicted molar refractivity (Wildman–Crippen MR) is 57.4 cm³/mol. The molecule has 0 saturated heterocycles. The summed E-state index contributed by atoms with van der Waals surface area (Å²) < 4.78 is 1.49. The fourth-order valence-electron chi connectivity index (χ4n) is 1.61. The Labute approximate surface area is 90.1 Å². The third-order valence-corrected chi connectivity index (χ3v) is 2.46. The van der Waals surface area contributed by atoms with E-state index in [1.165, 1.54) is 41.6 Å². The van der Waals surface area contributed by atoms with Gasteiger partial charge in [-0.05, 0) is 12.8 Å². The molecule has 1 aromatic rings. The molecule has 1 N–H and O–H groups in total. The first-order chi connectivity index (χ1) is 7.24. The second-order valence-corrected chi connectivity index (χ2v) is 3.92. The molecule has 0 aliphatic rings. The molecule has 86 valence electrons. The Morgan fingerprint density at radius 3 is 2.53 bits per heavy atom. The molecule has 0 saturated carbocycles. The summed E-state index contributed by atoms with van der Waals surface area (Å²) in [4.78, 5) is 12.7. The van der Waals surface area contributed by atoms with Crippen LogP contribution in [0.3, 0.4) is 0 Å². The monoisotopic (exact) mass is 213 g/mol. The minimum absolute atomic E-state index is 0.119. The lowest BCUT2D eigenvalue weighted by molar-refractivity contribution is -0.786. The third kappa shape index (κ3) is 4.27. The van der Waals surface area contributed by atoms with Crippen LogP contribution in [0.4, 0.5) is 0 Å². The van der Waals surface area contributed by atoms with Crippen LogP contribution in [0.15, 0.2) is 4.79 Å². The molecule has 5 heteroatoms. The molecule has 0 aliphatic heterocycles. The maximum Gasteiger partial charge on any atom is 0.465 e. The van der Waals surface area contributed by atoms with Crippen LogP contribution in [0.5, 0.6) is 0 Å². The molecule has 0 bridgehead atoms. The van der Waals surface area contributed by atoms with E-state index in [-0.39, 0.29) is 5.69 Å².